The van der Waals surface area contributed by atoms with Gasteiger partial charge in [-0.3, -0.25) is 0 Å². The molecule has 0 saturated heterocycles. The highest BCUT2D eigenvalue weighted by Crippen LogP contribution is 2.17. The summed E-state index contributed by atoms with van der Waals surface area (Å²) in [6.45, 7) is 8.87. The van der Waals surface area contributed by atoms with Gasteiger partial charge in [-0.1, -0.05) is 26.0 Å². The highest BCUT2D eigenvalue weighted by Gasteiger charge is 2.23. The number of nitrogens with one attached hydrogen (secondary N) is 2. The van der Waals surface area contributed by atoms with Crippen molar-refractivity contribution in [3.63, 3.8) is 0 Å². The first-order valence-corrected chi connectivity index (χ1v) is 5.40. The zero-order chi connectivity index (χ0) is 11.3. The molecule has 1 rings (SSSR count). The van der Waals surface area contributed by atoms with E-state index in [9.17, 15) is 0 Å². The predicted molar refractivity (Wildman–Crippen MR) is 57.8 cm³/mol. The zero-order valence-electron chi connectivity index (χ0n) is 9.79. The van der Waals surface area contributed by atoms with Crippen LogP contribution in [-0.2, 0) is 4.74 Å². The SMILES string of the molecule is C=C(OCCC)C(C)CC1N=[N+](C)NN1. The van der Waals surface area contributed by atoms with Gasteiger partial charge in [0.2, 0.25) is 0 Å². The molecule has 0 fully saturated rings. The number of hydrogen-bond acceptors (Lipinski definition) is 4. The van der Waals surface area contributed by atoms with E-state index in [1.165, 1.54) is 0 Å². The molecule has 0 aliphatic carbocycles. The summed E-state index contributed by atoms with van der Waals surface area (Å²) >= 11 is 0. The van der Waals surface area contributed by atoms with Gasteiger partial charge in [-0.05, 0) is 6.42 Å². The number of azo groups is 1. The third kappa shape index (κ3) is 3.87. The number of hydrogen-bond donors (Lipinski definition) is 2. The summed E-state index contributed by atoms with van der Waals surface area (Å²) in [5, 5.41) is 4.31. The predicted octanol–water partition coefficient (Wildman–Crippen LogP) is 1.40. The molecule has 1 aliphatic heterocycles. The Morgan fingerprint density at radius 2 is 2.40 bits per heavy atom. The first kappa shape index (κ1) is 12.0. The van der Waals surface area contributed by atoms with E-state index in [-0.39, 0.29) is 6.17 Å². The standard InChI is InChI=1S/C10H20N4O/c1-5-6-15-9(3)8(2)7-10-11-13-14(4)12-10/h8,10,12H,3,5-7H2,1-2,4H3/p+1. The van der Waals surface area contributed by atoms with Crippen LogP contribution in [-0.4, -0.2) is 24.6 Å². The van der Waals surface area contributed by atoms with Gasteiger partial charge in [0.05, 0.1) is 12.4 Å². The second kappa shape index (κ2) is 5.70. The fourth-order valence-corrected chi connectivity index (χ4v) is 1.38. The van der Waals surface area contributed by atoms with E-state index in [0.717, 1.165) is 25.2 Å². The fourth-order valence-electron chi connectivity index (χ4n) is 1.38. The lowest BCUT2D eigenvalue weighted by molar-refractivity contribution is -0.615. The molecule has 86 valence electrons. The van der Waals surface area contributed by atoms with Crippen LogP contribution in [0, 0.1) is 5.92 Å². The topological polar surface area (TPSA) is 48.7 Å². The largest absolute Gasteiger partial charge is 0.498 e. The van der Waals surface area contributed by atoms with Crippen LogP contribution in [0.4, 0.5) is 0 Å². The summed E-state index contributed by atoms with van der Waals surface area (Å²) in [7, 11) is 1.86. The number of nitrogens with zero attached hydrogens (tertiary/aromatic N) is 2. The molecule has 1 heterocycles. The summed E-state index contributed by atoms with van der Waals surface area (Å²) in [4.78, 5) is 1.67. The van der Waals surface area contributed by atoms with Gasteiger partial charge in [-0.25, -0.2) is 0 Å². The van der Waals surface area contributed by atoms with Gasteiger partial charge in [0.1, 0.15) is 0 Å². The molecule has 2 unspecified atom stereocenters. The first-order chi connectivity index (χ1) is 7.13. The smallest absolute Gasteiger partial charge is 0.192 e. The van der Waals surface area contributed by atoms with Crippen LogP contribution in [0.3, 0.4) is 0 Å². The second-order valence-corrected chi connectivity index (χ2v) is 3.86. The summed E-state index contributed by atoms with van der Waals surface area (Å²) in [6, 6.07) is 0. The van der Waals surface area contributed by atoms with E-state index in [1.54, 1.807) is 4.81 Å². The van der Waals surface area contributed by atoms with Crippen LogP contribution in [0.25, 0.3) is 0 Å². The van der Waals surface area contributed by atoms with E-state index < -0.39 is 0 Å². The summed E-state index contributed by atoms with van der Waals surface area (Å²) in [6.07, 6.45) is 2.01. The summed E-state index contributed by atoms with van der Waals surface area (Å²) in [5.74, 6) is 1.16. The van der Waals surface area contributed by atoms with Crippen molar-refractivity contribution >= 4 is 0 Å². The monoisotopic (exact) mass is 213 g/mol. The van der Waals surface area contributed by atoms with Gasteiger partial charge in [-0.2, -0.15) is 5.43 Å². The number of allylic oxidation sites excluding steroid dienone is 1. The quantitative estimate of drug-likeness (QED) is 0.518. The zero-order valence-corrected chi connectivity index (χ0v) is 9.79. The Hall–Kier alpha value is -1.10. The molecular formula is C10H21N4O+. The van der Waals surface area contributed by atoms with E-state index in [1.807, 2.05) is 7.05 Å². The number of ether oxygens (including phenoxy) is 1. The molecule has 0 radical (unpaired) electrons. The highest BCUT2D eigenvalue weighted by molar-refractivity contribution is 4.90. The van der Waals surface area contributed by atoms with Crippen molar-refractivity contribution in [2.24, 2.45) is 11.0 Å². The van der Waals surface area contributed by atoms with E-state index >= 15 is 0 Å². The molecule has 15 heavy (non-hydrogen) atoms. The van der Waals surface area contributed by atoms with Crippen molar-refractivity contribution in [2.75, 3.05) is 13.7 Å². The molecule has 0 aromatic heterocycles. The molecule has 0 aromatic carbocycles. The maximum atomic E-state index is 5.49. The Balaban J connectivity index is 2.28. The average molecular weight is 213 g/mol. The maximum absolute atomic E-state index is 5.49. The van der Waals surface area contributed by atoms with Gasteiger partial charge in [0.25, 0.3) is 0 Å². The lowest BCUT2D eigenvalue weighted by Gasteiger charge is -2.15. The van der Waals surface area contributed by atoms with Crippen molar-refractivity contribution in [1.82, 2.24) is 11.0 Å². The summed E-state index contributed by atoms with van der Waals surface area (Å²) in [5.41, 5.74) is 5.96. The van der Waals surface area contributed by atoms with Gasteiger partial charge >= 0.3 is 0 Å². The molecule has 5 nitrogen and oxygen atoms in total. The van der Waals surface area contributed by atoms with Crippen molar-refractivity contribution in [2.45, 2.75) is 32.9 Å². The minimum absolute atomic E-state index is 0.104. The van der Waals surface area contributed by atoms with E-state index in [4.69, 9.17) is 4.74 Å². The minimum atomic E-state index is 0.104. The first-order valence-electron chi connectivity index (χ1n) is 5.40. The molecule has 0 saturated carbocycles. The van der Waals surface area contributed by atoms with Crippen LogP contribution in [0.2, 0.25) is 0 Å². The van der Waals surface area contributed by atoms with Crippen LogP contribution in [0.5, 0.6) is 0 Å². The number of rotatable bonds is 6. The van der Waals surface area contributed by atoms with Crippen molar-refractivity contribution in [3.8, 4) is 0 Å². The Kier molecular flexibility index (Phi) is 4.55. The maximum Gasteiger partial charge on any atom is 0.192 e. The Morgan fingerprint density at radius 1 is 1.67 bits per heavy atom. The molecule has 2 atom stereocenters. The molecule has 0 aromatic rings. The van der Waals surface area contributed by atoms with Crippen molar-refractivity contribution < 1.29 is 9.54 Å². The normalized spacial score (nSPS) is 21.8. The van der Waals surface area contributed by atoms with Crippen LogP contribution in [0.1, 0.15) is 26.7 Å². The second-order valence-electron chi connectivity index (χ2n) is 3.86. The highest BCUT2D eigenvalue weighted by atomic mass is 16.5. The fraction of sp³-hybridized carbons (Fsp3) is 0.800. The Morgan fingerprint density at radius 3 is 2.93 bits per heavy atom. The van der Waals surface area contributed by atoms with Crippen molar-refractivity contribution in [1.29, 1.82) is 0 Å². The van der Waals surface area contributed by atoms with E-state index in [2.05, 4.69) is 36.5 Å². The van der Waals surface area contributed by atoms with Crippen molar-refractivity contribution in [3.05, 3.63) is 12.3 Å². The average Bonchev–Trinajstić information content (AvgIpc) is 2.60. The Labute approximate surface area is 91.1 Å². The molecule has 0 amide bonds. The molecule has 0 bridgehead atoms. The molecule has 1 aliphatic rings. The van der Waals surface area contributed by atoms with Gasteiger partial charge in [-0.15, -0.1) is 0 Å². The van der Waals surface area contributed by atoms with Crippen LogP contribution >= 0.6 is 0 Å². The lowest BCUT2D eigenvalue weighted by Crippen LogP contribution is -2.36. The lowest BCUT2D eigenvalue weighted by atomic mass is 10.1. The Bertz CT molecular complexity index is 252. The molecule has 2 N–H and O–H groups in total. The molecule has 5 heteroatoms. The number of hydrazine groups is 2. The van der Waals surface area contributed by atoms with Gasteiger partial charge in [0.15, 0.2) is 13.2 Å². The van der Waals surface area contributed by atoms with Gasteiger partial charge in [0, 0.05) is 22.3 Å². The minimum Gasteiger partial charge on any atom is -0.498 e. The van der Waals surface area contributed by atoms with Crippen LogP contribution < -0.4 is 11.0 Å². The third-order valence-electron chi connectivity index (χ3n) is 2.32. The summed E-state index contributed by atoms with van der Waals surface area (Å²) < 4.78 is 5.49. The van der Waals surface area contributed by atoms with Gasteiger partial charge < -0.3 is 4.74 Å². The van der Waals surface area contributed by atoms with Crippen LogP contribution in [0.15, 0.2) is 17.5 Å². The molecule has 0 spiro atoms. The third-order valence-corrected chi connectivity index (χ3v) is 2.32. The van der Waals surface area contributed by atoms with E-state index in [0.29, 0.717) is 5.92 Å². The molecular weight excluding hydrogens is 192 g/mol.